The number of nitrogens with one attached hydrogen (secondary N) is 1. The number of rotatable bonds is 2. The molecule has 0 amide bonds. The predicted molar refractivity (Wildman–Crippen MR) is 43.4 cm³/mol. The third kappa shape index (κ3) is 1.80. The topological polar surface area (TPSA) is 99.8 Å². The third-order valence-corrected chi connectivity index (χ3v) is 1.62. The summed E-state index contributed by atoms with van der Waals surface area (Å²) in [7, 11) is 0. The highest BCUT2D eigenvalue weighted by Gasteiger charge is 2.26. The molecule has 0 aliphatic rings. The molecule has 1 aromatic rings. The lowest BCUT2D eigenvalue weighted by Crippen LogP contribution is -2.16. The van der Waals surface area contributed by atoms with Gasteiger partial charge in [0, 0.05) is 0 Å². The Hall–Kier alpha value is -2.30. The van der Waals surface area contributed by atoms with Crippen molar-refractivity contribution in [3.8, 4) is 6.07 Å². The zero-order valence-corrected chi connectivity index (χ0v) is 7.03. The lowest BCUT2D eigenvalue weighted by molar-refractivity contribution is -0.391. The molecule has 1 aromatic heterocycles. The SMILES string of the molecule is N#Cc1c[nH]c([N+](=O)[O-])c(C(F)F)c1=O. The van der Waals surface area contributed by atoms with Gasteiger partial charge in [-0.05, 0) is 4.92 Å². The van der Waals surface area contributed by atoms with E-state index in [1.54, 1.807) is 0 Å². The first-order valence-electron chi connectivity index (χ1n) is 3.57. The number of H-pyrrole nitrogens is 1. The molecule has 8 heteroatoms. The van der Waals surface area contributed by atoms with Crippen LogP contribution in [0.25, 0.3) is 0 Å². The number of nitro groups is 1. The van der Waals surface area contributed by atoms with E-state index >= 15 is 0 Å². The van der Waals surface area contributed by atoms with Crippen LogP contribution in [0, 0.1) is 21.4 Å². The molecule has 15 heavy (non-hydrogen) atoms. The molecule has 0 aliphatic heterocycles. The van der Waals surface area contributed by atoms with E-state index in [0.717, 1.165) is 6.20 Å². The number of aromatic nitrogens is 1. The third-order valence-electron chi connectivity index (χ3n) is 1.62. The summed E-state index contributed by atoms with van der Waals surface area (Å²) in [6, 6.07) is 1.36. The average molecular weight is 215 g/mol. The van der Waals surface area contributed by atoms with Crippen LogP contribution in [-0.2, 0) is 0 Å². The van der Waals surface area contributed by atoms with Crippen molar-refractivity contribution >= 4 is 5.82 Å². The molecule has 1 heterocycles. The Morgan fingerprint density at radius 2 is 2.20 bits per heavy atom. The van der Waals surface area contributed by atoms with Gasteiger partial charge in [-0.15, -0.1) is 0 Å². The molecule has 0 aliphatic carbocycles. The molecule has 0 aromatic carbocycles. The molecular weight excluding hydrogens is 212 g/mol. The van der Waals surface area contributed by atoms with Gasteiger partial charge in [0.15, 0.2) is 5.56 Å². The first kappa shape index (κ1) is 10.8. The number of pyridine rings is 1. The van der Waals surface area contributed by atoms with Gasteiger partial charge in [-0.25, -0.2) is 13.8 Å². The monoisotopic (exact) mass is 215 g/mol. The summed E-state index contributed by atoms with van der Waals surface area (Å²) in [6.45, 7) is 0. The van der Waals surface area contributed by atoms with Crippen LogP contribution >= 0.6 is 0 Å². The van der Waals surface area contributed by atoms with E-state index < -0.39 is 33.7 Å². The second-order valence-corrected chi connectivity index (χ2v) is 2.46. The van der Waals surface area contributed by atoms with Crippen LogP contribution in [0.15, 0.2) is 11.0 Å². The van der Waals surface area contributed by atoms with Crippen LogP contribution in [0.5, 0.6) is 0 Å². The Kier molecular flexibility index (Phi) is 2.75. The van der Waals surface area contributed by atoms with Crippen LogP contribution in [0.1, 0.15) is 17.6 Å². The summed E-state index contributed by atoms with van der Waals surface area (Å²) < 4.78 is 24.7. The van der Waals surface area contributed by atoms with Gasteiger partial charge in [0.2, 0.25) is 5.43 Å². The number of aromatic amines is 1. The van der Waals surface area contributed by atoms with Gasteiger partial charge in [0.05, 0.1) is 0 Å². The van der Waals surface area contributed by atoms with Gasteiger partial charge >= 0.3 is 5.82 Å². The largest absolute Gasteiger partial charge is 0.358 e. The molecule has 0 atom stereocenters. The highest BCUT2D eigenvalue weighted by Crippen LogP contribution is 2.23. The molecule has 0 fully saturated rings. The summed E-state index contributed by atoms with van der Waals surface area (Å²) in [5.74, 6) is -1.09. The molecular formula is C7H3F2N3O3. The van der Waals surface area contributed by atoms with Crippen molar-refractivity contribution in [2.45, 2.75) is 6.43 Å². The fourth-order valence-electron chi connectivity index (χ4n) is 0.973. The minimum absolute atomic E-state index is 0.587. The van der Waals surface area contributed by atoms with E-state index in [9.17, 15) is 23.7 Å². The Morgan fingerprint density at radius 1 is 1.60 bits per heavy atom. The van der Waals surface area contributed by atoms with E-state index in [4.69, 9.17) is 5.26 Å². The second kappa shape index (κ2) is 3.83. The Bertz CT molecular complexity index is 503. The molecule has 0 bridgehead atoms. The molecule has 0 radical (unpaired) electrons. The summed E-state index contributed by atoms with van der Waals surface area (Å²) >= 11 is 0. The van der Waals surface area contributed by atoms with Gasteiger partial charge in [0.1, 0.15) is 17.8 Å². The van der Waals surface area contributed by atoms with Gasteiger partial charge < -0.3 is 10.1 Å². The van der Waals surface area contributed by atoms with E-state index in [1.807, 2.05) is 4.98 Å². The van der Waals surface area contributed by atoms with E-state index in [0.29, 0.717) is 0 Å². The van der Waals surface area contributed by atoms with Crippen LogP contribution in [0.4, 0.5) is 14.6 Å². The quantitative estimate of drug-likeness (QED) is 0.589. The minimum atomic E-state index is -3.30. The molecule has 78 valence electrons. The number of halogens is 2. The van der Waals surface area contributed by atoms with E-state index in [2.05, 4.69) is 0 Å². The standard InChI is InChI=1S/C7H3F2N3O3/c8-6(9)4-5(13)3(1-10)2-11-7(4)12(14)15/h2,6H,(H,11,13). The van der Waals surface area contributed by atoms with Crippen molar-refractivity contribution < 1.29 is 13.7 Å². The number of nitrogens with zero attached hydrogens (tertiary/aromatic N) is 2. The van der Waals surface area contributed by atoms with E-state index in [1.165, 1.54) is 6.07 Å². The number of hydrogen-bond donors (Lipinski definition) is 1. The van der Waals surface area contributed by atoms with Crippen molar-refractivity contribution in [3.05, 3.63) is 37.7 Å². The fourth-order valence-corrected chi connectivity index (χ4v) is 0.973. The van der Waals surface area contributed by atoms with Crippen molar-refractivity contribution in [2.24, 2.45) is 0 Å². The lowest BCUT2D eigenvalue weighted by Gasteiger charge is -2.01. The van der Waals surface area contributed by atoms with Gasteiger partial charge in [0.25, 0.3) is 6.43 Å². The van der Waals surface area contributed by atoms with Crippen LogP contribution in [0.2, 0.25) is 0 Å². The Labute approximate surface area is 80.9 Å². The summed E-state index contributed by atoms with van der Waals surface area (Å²) in [4.78, 5) is 22.2. The second-order valence-electron chi connectivity index (χ2n) is 2.46. The Balaban J connectivity index is 3.61. The van der Waals surface area contributed by atoms with Crippen molar-refractivity contribution in [1.29, 1.82) is 5.26 Å². The average Bonchev–Trinajstić information content (AvgIpc) is 2.16. The summed E-state index contributed by atoms with van der Waals surface area (Å²) in [5, 5.41) is 18.7. The Morgan fingerprint density at radius 3 is 2.60 bits per heavy atom. The maximum Gasteiger partial charge on any atom is 0.333 e. The number of hydrogen-bond acceptors (Lipinski definition) is 4. The smallest absolute Gasteiger partial charge is 0.333 e. The van der Waals surface area contributed by atoms with Crippen LogP contribution in [0.3, 0.4) is 0 Å². The molecule has 1 rings (SSSR count). The molecule has 6 nitrogen and oxygen atoms in total. The molecule has 0 unspecified atom stereocenters. The summed E-state index contributed by atoms with van der Waals surface area (Å²) in [5.41, 5.74) is -3.20. The molecule has 0 saturated carbocycles. The van der Waals surface area contributed by atoms with Crippen molar-refractivity contribution in [2.75, 3.05) is 0 Å². The van der Waals surface area contributed by atoms with Gasteiger partial charge in [-0.2, -0.15) is 5.26 Å². The van der Waals surface area contributed by atoms with Crippen molar-refractivity contribution in [3.63, 3.8) is 0 Å². The molecule has 0 saturated heterocycles. The van der Waals surface area contributed by atoms with Crippen molar-refractivity contribution in [1.82, 2.24) is 4.98 Å². The normalized spacial score (nSPS) is 10.0. The lowest BCUT2D eigenvalue weighted by atomic mass is 10.2. The maximum atomic E-state index is 12.3. The fraction of sp³-hybridized carbons (Fsp3) is 0.143. The maximum absolute atomic E-state index is 12.3. The number of alkyl halides is 2. The minimum Gasteiger partial charge on any atom is -0.358 e. The van der Waals surface area contributed by atoms with Gasteiger partial charge in [-0.1, -0.05) is 0 Å². The molecule has 0 spiro atoms. The first-order chi connectivity index (χ1) is 6.99. The van der Waals surface area contributed by atoms with Crippen LogP contribution < -0.4 is 5.43 Å². The number of nitriles is 1. The highest BCUT2D eigenvalue weighted by atomic mass is 19.3. The first-order valence-corrected chi connectivity index (χ1v) is 3.57. The summed E-state index contributed by atoms with van der Waals surface area (Å²) in [6.07, 6.45) is -2.57. The molecule has 1 N–H and O–H groups in total. The van der Waals surface area contributed by atoms with Gasteiger partial charge in [-0.3, -0.25) is 4.79 Å². The zero-order valence-electron chi connectivity index (χ0n) is 7.03. The predicted octanol–water partition coefficient (Wildman–Crippen LogP) is 1.09. The van der Waals surface area contributed by atoms with E-state index in [-0.39, 0.29) is 0 Å². The zero-order chi connectivity index (χ0) is 11.6. The van der Waals surface area contributed by atoms with Crippen LogP contribution in [-0.4, -0.2) is 9.91 Å². The highest BCUT2D eigenvalue weighted by molar-refractivity contribution is 5.40.